The van der Waals surface area contributed by atoms with Crippen molar-refractivity contribution >= 4 is 27.7 Å². The Morgan fingerprint density at radius 1 is 1.33 bits per heavy atom. The van der Waals surface area contributed by atoms with Crippen LogP contribution in [0.15, 0.2) is 10.7 Å². The molecular formula is C13H19BrN4. The van der Waals surface area contributed by atoms with Gasteiger partial charge < -0.3 is 10.2 Å². The lowest BCUT2D eigenvalue weighted by atomic mass is 9.85. The molecule has 18 heavy (non-hydrogen) atoms. The number of anilines is 2. The summed E-state index contributed by atoms with van der Waals surface area (Å²) in [4.78, 5) is 11.3. The third kappa shape index (κ3) is 2.09. The first-order valence-corrected chi connectivity index (χ1v) is 7.56. The molecule has 1 aromatic rings. The summed E-state index contributed by atoms with van der Waals surface area (Å²) >= 11 is 3.59. The number of nitrogens with one attached hydrogen (secondary N) is 1. The Bertz CT molecular complexity index is 437. The molecule has 1 saturated carbocycles. The van der Waals surface area contributed by atoms with E-state index in [1.54, 1.807) is 0 Å². The molecule has 2 heterocycles. The molecule has 2 atom stereocenters. The van der Waals surface area contributed by atoms with Crippen molar-refractivity contribution in [3.8, 4) is 0 Å². The zero-order chi connectivity index (χ0) is 12.5. The number of fused-ring (bicyclic) bond motifs is 1. The van der Waals surface area contributed by atoms with Crippen molar-refractivity contribution in [1.82, 2.24) is 9.97 Å². The van der Waals surface area contributed by atoms with Gasteiger partial charge in [-0.3, -0.25) is 0 Å². The first-order valence-electron chi connectivity index (χ1n) is 6.76. The summed E-state index contributed by atoms with van der Waals surface area (Å²) < 4.78 is 1.01. The zero-order valence-electron chi connectivity index (χ0n) is 10.7. The van der Waals surface area contributed by atoms with Crippen molar-refractivity contribution in [2.45, 2.75) is 38.1 Å². The van der Waals surface area contributed by atoms with E-state index in [-0.39, 0.29) is 0 Å². The third-order valence-corrected chi connectivity index (χ3v) is 4.79. The topological polar surface area (TPSA) is 41.1 Å². The van der Waals surface area contributed by atoms with E-state index in [4.69, 9.17) is 0 Å². The second-order valence-corrected chi connectivity index (χ2v) is 6.06. The molecule has 1 aromatic heterocycles. The maximum Gasteiger partial charge on any atom is 0.224 e. The van der Waals surface area contributed by atoms with Crippen LogP contribution in [0.3, 0.4) is 0 Å². The molecule has 1 aliphatic carbocycles. The molecule has 2 fully saturated rings. The van der Waals surface area contributed by atoms with Gasteiger partial charge in [0.05, 0.1) is 4.47 Å². The van der Waals surface area contributed by atoms with Gasteiger partial charge in [0, 0.05) is 25.8 Å². The van der Waals surface area contributed by atoms with E-state index in [1.165, 1.54) is 32.1 Å². The highest BCUT2D eigenvalue weighted by molar-refractivity contribution is 9.10. The second-order valence-electron chi connectivity index (χ2n) is 5.21. The average Bonchev–Trinajstić information content (AvgIpc) is 2.83. The van der Waals surface area contributed by atoms with E-state index < -0.39 is 0 Å². The quantitative estimate of drug-likeness (QED) is 0.911. The van der Waals surface area contributed by atoms with Crippen LogP contribution in [0.25, 0.3) is 0 Å². The Labute approximate surface area is 116 Å². The molecule has 3 rings (SSSR count). The van der Waals surface area contributed by atoms with Crippen LogP contribution < -0.4 is 10.2 Å². The summed E-state index contributed by atoms with van der Waals surface area (Å²) in [7, 11) is 1.86. The fourth-order valence-corrected chi connectivity index (χ4v) is 3.77. The summed E-state index contributed by atoms with van der Waals surface area (Å²) in [5.74, 6) is 2.63. The Hall–Kier alpha value is -0.840. The molecule has 0 bridgehead atoms. The smallest absolute Gasteiger partial charge is 0.224 e. The highest BCUT2D eigenvalue weighted by atomic mass is 79.9. The van der Waals surface area contributed by atoms with Gasteiger partial charge in [0.25, 0.3) is 0 Å². The van der Waals surface area contributed by atoms with E-state index in [2.05, 4.69) is 36.1 Å². The number of halogens is 1. The van der Waals surface area contributed by atoms with Gasteiger partial charge in [0.2, 0.25) is 5.95 Å². The van der Waals surface area contributed by atoms with Crippen LogP contribution in [0.5, 0.6) is 0 Å². The van der Waals surface area contributed by atoms with Crippen LogP contribution in [-0.2, 0) is 0 Å². The van der Waals surface area contributed by atoms with Gasteiger partial charge in [-0.05, 0) is 41.1 Å². The maximum atomic E-state index is 4.62. The normalized spacial score (nSPS) is 27.1. The molecule has 1 saturated heterocycles. The van der Waals surface area contributed by atoms with Crippen LogP contribution in [-0.4, -0.2) is 29.6 Å². The molecule has 5 heteroatoms. The minimum absolute atomic E-state index is 0.689. The molecular weight excluding hydrogens is 292 g/mol. The predicted molar refractivity (Wildman–Crippen MR) is 77.0 cm³/mol. The highest BCUT2D eigenvalue weighted by Gasteiger charge is 2.37. The van der Waals surface area contributed by atoms with Crippen LogP contribution in [0, 0.1) is 5.92 Å². The zero-order valence-corrected chi connectivity index (χ0v) is 12.3. The molecule has 2 unspecified atom stereocenters. The number of hydrogen-bond acceptors (Lipinski definition) is 4. The standard InChI is InChI=1S/C13H19BrN4/c1-15-13-16-8-10(14)12(17-13)18-7-6-9-4-2-3-5-11(9)18/h8-9,11H,2-7H2,1H3,(H,15,16,17). The monoisotopic (exact) mass is 310 g/mol. The van der Waals surface area contributed by atoms with Crippen LogP contribution in [0.1, 0.15) is 32.1 Å². The summed E-state index contributed by atoms with van der Waals surface area (Å²) in [6.45, 7) is 1.13. The first kappa shape index (κ1) is 12.2. The maximum absolute atomic E-state index is 4.62. The Morgan fingerprint density at radius 3 is 3.00 bits per heavy atom. The molecule has 0 amide bonds. The summed E-state index contributed by atoms with van der Waals surface area (Å²) in [6, 6.07) is 0.689. The van der Waals surface area contributed by atoms with Crippen molar-refractivity contribution in [2.24, 2.45) is 5.92 Å². The van der Waals surface area contributed by atoms with Crippen molar-refractivity contribution in [2.75, 3.05) is 23.8 Å². The number of nitrogens with zero attached hydrogens (tertiary/aromatic N) is 3. The van der Waals surface area contributed by atoms with Gasteiger partial charge in [-0.2, -0.15) is 4.98 Å². The lowest BCUT2D eigenvalue weighted by Crippen LogP contribution is -2.35. The third-order valence-electron chi connectivity index (χ3n) is 4.23. The molecule has 1 aliphatic heterocycles. The van der Waals surface area contributed by atoms with E-state index >= 15 is 0 Å². The Balaban J connectivity index is 1.90. The number of hydrogen-bond donors (Lipinski definition) is 1. The van der Waals surface area contributed by atoms with Crippen LogP contribution >= 0.6 is 15.9 Å². The van der Waals surface area contributed by atoms with Crippen molar-refractivity contribution in [3.05, 3.63) is 10.7 Å². The molecule has 1 N–H and O–H groups in total. The summed E-state index contributed by atoms with van der Waals surface area (Å²) in [5, 5.41) is 3.02. The van der Waals surface area contributed by atoms with Gasteiger partial charge in [-0.1, -0.05) is 12.8 Å². The van der Waals surface area contributed by atoms with E-state index in [9.17, 15) is 0 Å². The lowest BCUT2D eigenvalue weighted by Gasteiger charge is -2.32. The average molecular weight is 311 g/mol. The van der Waals surface area contributed by atoms with E-state index in [1.807, 2.05) is 13.2 Å². The molecule has 0 radical (unpaired) electrons. The van der Waals surface area contributed by atoms with Crippen molar-refractivity contribution in [1.29, 1.82) is 0 Å². The number of rotatable bonds is 2. The fraction of sp³-hybridized carbons (Fsp3) is 0.692. The first-order chi connectivity index (χ1) is 8.79. The SMILES string of the molecule is CNc1ncc(Br)c(N2CCC3CCCCC32)n1. The van der Waals surface area contributed by atoms with Gasteiger partial charge in [0.1, 0.15) is 5.82 Å². The molecule has 2 aliphatic rings. The Morgan fingerprint density at radius 2 is 2.17 bits per heavy atom. The Kier molecular flexibility index (Phi) is 3.41. The van der Waals surface area contributed by atoms with Gasteiger partial charge in [-0.15, -0.1) is 0 Å². The van der Waals surface area contributed by atoms with Gasteiger partial charge in [-0.25, -0.2) is 4.98 Å². The fourth-order valence-electron chi connectivity index (χ4n) is 3.35. The van der Waals surface area contributed by atoms with Gasteiger partial charge >= 0.3 is 0 Å². The highest BCUT2D eigenvalue weighted by Crippen LogP contribution is 2.40. The lowest BCUT2D eigenvalue weighted by molar-refractivity contribution is 0.341. The largest absolute Gasteiger partial charge is 0.357 e. The number of aromatic nitrogens is 2. The minimum Gasteiger partial charge on any atom is -0.357 e. The second kappa shape index (κ2) is 5.03. The summed E-state index contributed by atoms with van der Waals surface area (Å²) in [5.41, 5.74) is 0. The van der Waals surface area contributed by atoms with Crippen LogP contribution in [0.4, 0.5) is 11.8 Å². The van der Waals surface area contributed by atoms with Crippen molar-refractivity contribution in [3.63, 3.8) is 0 Å². The van der Waals surface area contributed by atoms with Crippen LogP contribution in [0.2, 0.25) is 0 Å². The van der Waals surface area contributed by atoms with E-state index in [0.717, 1.165) is 22.8 Å². The molecule has 0 spiro atoms. The summed E-state index contributed by atoms with van der Waals surface area (Å²) in [6.07, 6.45) is 8.64. The molecule has 0 aromatic carbocycles. The van der Waals surface area contributed by atoms with Crippen molar-refractivity contribution < 1.29 is 0 Å². The molecule has 4 nitrogen and oxygen atoms in total. The minimum atomic E-state index is 0.689. The molecule has 98 valence electrons. The predicted octanol–water partition coefficient (Wildman–Crippen LogP) is 3.05. The van der Waals surface area contributed by atoms with Gasteiger partial charge in [0.15, 0.2) is 0 Å². The van der Waals surface area contributed by atoms with E-state index in [0.29, 0.717) is 12.0 Å².